The van der Waals surface area contributed by atoms with E-state index >= 15 is 0 Å². The van der Waals surface area contributed by atoms with Gasteiger partial charge >= 0.3 is 0 Å². The number of aromatic nitrogens is 2. The second-order valence-corrected chi connectivity index (χ2v) is 11.1. The Morgan fingerprint density at radius 3 is 2.37 bits per heavy atom. The van der Waals surface area contributed by atoms with Crippen LogP contribution >= 0.6 is 11.8 Å². The topological polar surface area (TPSA) is 68.0 Å². The summed E-state index contributed by atoms with van der Waals surface area (Å²) in [5, 5.41) is 12.6. The lowest BCUT2D eigenvalue weighted by atomic mass is 9.49. The Hall–Kier alpha value is -1.04. The summed E-state index contributed by atoms with van der Waals surface area (Å²) in [7, 11) is 0. The van der Waals surface area contributed by atoms with Crippen molar-refractivity contribution in [3.8, 4) is 0 Å². The fourth-order valence-electron chi connectivity index (χ4n) is 7.65. The summed E-state index contributed by atoms with van der Waals surface area (Å²) in [6.07, 6.45) is 13.1. The van der Waals surface area contributed by atoms with Crippen LogP contribution < -0.4 is 5.32 Å². The van der Waals surface area contributed by atoms with Crippen LogP contribution in [0.4, 0.5) is 0 Å². The number of hydrogen-bond donors (Lipinski definition) is 1. The average molecular weight is 388 g/mol. The molecule has 0 aromatic carbocycles. The molecule has 0 saturated heterocycles. The number of thioether (sulfide) groups is 1. The number of nitrogens with one attached hydrogen (secondary N) is 1. The van der Waals surface area contributed by atoms with E-state index in [4.69, 9.17) is 4.42 Å². The zero-order chi connectivity index (χ0) is 18.0. The Labute approximate surface area is 164 Å². The summed E-state index contributed by atoms with van der Waals surface area (Å²) < 4.78 is 6.10. The summed E-state index contributed by atoms with van der Waals surface area (Å²) in [6, 6.07) is 0.405. The fourth-order valence-corrected chi connectivity index (χ4v) is 8.23. The SMILES string of the molecule is O=C(CSc1nnc(C23CC4CC(CC(C4)C2)C3)o1)N[C@H]1C[C@H]2CC[C@H]1C2. The van der Waals surface area contributed by atoms with Crippen LogP contribution in [0.2, 0.25) is 0 Å². The molecule has 0 unspecified atom stereocenters. The standard InChI is InChI=1S/C21H29N3O2S/c25-18(22-17-7-12-1-2-16(17)6-12)11-27-20-24-23-19(26-20)21-8-13-3-14(9-21)5-15(4-13)10-21/h12-17H,1-11H2,(H,22,25)/t12-,13?,14?,15?,16-,17-,21?/m0/s1. The first-order valence-electron chi connectivity index (χ1n) is 10.9. The maximum absolute atomic E-state index is 12.4. The van der Waals surface area contributed by atoms with E-state index in [-0.39, 0.29) is 11.3 Å². The molecule has 6 heteroatoms. The van der Waals surface area contributed by atoms with E-state index in [1.165, 1.54) is 76.0 Å². The quantitative estimate of drug-likeness (QED) is 0.775. The Morgan fingerprint density at radius 1 is 1.00 bits per heavy atom. The van der Waals surface area contributed by atoms with E-state index < -0.39 is 0 Å². The summed E-state index contributed by atoms with van der Waals surface area (Å²) in [4.78, 5) is 12.4. The predicted octanol–water partition coefficient (Wildman–Crippen LogP) is 3.93. The average Bonchev–Trinajstić information content (AvgIpc) is 3.36. The van der Waals surface area contributed by atoms with Crippen LogP contribution in [-0.2, 0) is 10.2 Å². The van der Waals surface area contributed by atoms with Crippen LogP contribution in [0.5, 0.6) is 0 Å². The molecule has 7 rings (SSSR count). The minimum absolute atomic E-state index is 0.118. The molecule has 146 valence electrons. The highest BCUT2D eigenvalue weighted by molar-refractivity contribution is 7.99. The Kier molecular flexibility index (Phi) is 3.89. The van der Waals surface area contributed by atoms with Gasteiger partial charge in [0.15, 0.2) is 0 Å². The molecule has 5 nitrogen and oxygen atoms in total. The highest BCUT2D eigenvalue weighted by Crippen LogP contribution is 2.60. The van der Waals surface area contributed by atoms with Crippen LogP contribution in [-0.4, -0.2) is 27.9 Å². The highest BCUT2D eigenvalue weighted by Gasteiger charge is 2.54. The molecule has 1 heterocycles. The molecule has 6 aliphatic carbocycles. The number of rotatable bonds is 5. The van der Waals surface area contributed by atoms with Crippen molar-refractivity contribution in [2.24, 2.45) is 29.6 Å². The van der Waals surface area contributed by atoms with E-state index in [1.807, 2.05) is 0 Å². The molecular weight excluding hydrogens is 358 g/mol. The van der Waals surface area contributed by atoms with Crippen molar-refractivity contribution in [2.45, 2.75) is 80.9 Å². The maximum Gasteiger partial charge on any atom is 0.277 e. The van der Waals surface area contributed by atoms with E-state index in [0.29, 0.717) is 17.0 Å². The molecule has 1 aromatic rings. The molecule has 0 aliphatic heterocycles. The van der Waals surface area contributed by atoms with E-state index in [2.05, 4.69) is 15.5 Å². The molecule has 6 aliphatic rings. The van der Waals surface area contributed by atoms with Crippen molar-refractivity contribution in [1.82, 2.24) is 15.5 Å². The second kappa shape index (κ2) is 6.23. The molecule has 6 bridgehead atoms. The number of hydrogen-bond acceptors (Lipinski definition) is 5. The molecule has 0 radical (unpaired) electrons. The summed E-state index contributed by atoms with van der Waals surface area (Å²) in [5.41, 5.74) is 0.145. The number of carbonyl (C=O) groups excluding carboxylic acids is 1. The largest absolute Gasteiger partial charge is 0.415 e. The first kappa shape index (κ1) is 16.9. The van der Waals surface area contributed by atoms with Gasteiger partial charge in [-0.2, -0.15) is 0 Å². The van der Waals surface area contributed by atoms with Crippen LogP contribution in [0.1, 0.15) is 70.1 Å². The maximum atomic E-state index is 12.4. The zero-order valence-electron chi connectivity index (χ0n) is 15.9. The lowest BCUT2D eigenvalue weighted by molar-refractivity contribution is -0.119. The van der Waals surface area contributed by atoms with E-state index in [1.54, 1.807) is 0 Å². The third-order valence-electron chi connectivity index (χ3n) is 8.31. The molecule has 0 spiro atoms. The Morgan fingerprint density at radius 2 is 1.74 bits per heavy atom. The fraction of sp³-hybridized carbons (Fsp3) is 0.857. The number of fused-ring (bicyclic) bond motifs is 2. The van der Waals surface area contributed by atoms with Gasteiger partial charge in [0, 0.05) is 11.5 Å². The normalized spacial score (nSPS) is 44.1. The van der Waals surface area contributed by atoms with E-state index in [9.17, 15) is 4.79 Å². The third-order valence-corrected chi connectivity index (χ3v) is 9.13. The zero-order valence-corrected chi connectivity index (χ0v) is 16.7. The van der Waals surface area contributed by atoms with E-state index in [0.717, 1.165) is 35.5 Å². The predicted molar refractivity (Wildman–Crippen MR) is 102 cm³/mol. The monoisotopic (exact) mass is 387 g/mol. The van der Waals surface area contributed by atoms with Gasteiger partial charge in [-0.15, -0.1) is 10.2 Å². The second-order valence-electron chi connectivity index (χ2n) is 10.2. The molecule has 3 atom stereocenters. The number of carbonyl (C=O) groups is 1. The molecule has 6 saturated carbocycles. The van der Waals surface area contributed by atoms with Gasteiger partial charge in [0.2, 0.25) is 11.8 Å². The Bertz CT molecular complexity index is 712. The molecular formula is C21H29N3O2S. The minimum atomic E-state index is 0.118. The van der Waals surface area contributed by atoms with Crippen molar-refractivity contribution in [3.05, 3.63) is 5.89 Å². The lowest BCUT2D eigenvalue weighted by Gasteiger charge is -2.55. The molecule has 27 heavy (non-hydrogen) atoms. The minimum Gasteiger partial charge on any atom is -0.415 e. The number of amides is 1. The molecule has 1 N–H and O–H groups in total. The van der Waals surface area contributed by atoms with Gasteiger partial charge in [-0.1, -0.05) is 18.2 Å². The number of nitrogens with zero attached hydrogens (tertiary/aromatic N) is 2. The van der Waals surface area contributed by atoms with Gasteiger partial charge in [-0.3, -0.25) is 4.79 Å². The van der Waals surface area contributed by atoms with Crippen LogP contribution in [0, 0.1) is 29.6 Å². The summed E-state index contributed by atoms with van der Waals surface area (Å²) in [5.74, 6) is 5.54. The van der Waals surface area contributed by atoms with Crippen molar-refractivity contribution in [3.63, 3.8) is 0 Å². The third kappa shape index (κ3) is 2.93. The first-order valence-corrected chi connectivity index (χ1v) is 11.9. The van der Waals surface area contributed by atoms with Gasteiger partial charge in [-0.05, 0) is 87.4 Å². The highest BCUT2D eigenvalue weighted by atomic mass is 32.2. The van der Waals surface area contributed by atoms with Crippen LogP contribution in [0.15, 0.2) is 9.64 Å². The van der Waals surface area contributed by atoms with Gasteiger partial charge in [-0.25, -0.2) is 0 Å². The summed E-state index contributed by atoms with van der Waals surface area (Å²) >= 11 is 1.40. The van der Waals surface area contributed by atoms with Crippen molar-refractivity contribution in [1.29, 1.82) is 0 Å². The smallest absolute Gasteiger partial charge is 0.277 e. The van der Waals surface area contributed by atoms with Crippen molar-refractivity contribution in [2.75, 3.05) is 5.75 Å². The Balaban J connectivity index is 1.07. The van der Waals surface area contributed by atoms with Gasteiger partial charge < -0.3 is 9.73 Å². The van der Waals surface area contributed by atoms with Gasteiger partial charge in [0.05, 0.1) is 5.75 Å². The summed E-state index contributed by atoms with van der Waals surface area (Å²) in [6.45, 7) is 0. The lowest BCUT2D eigenvalue weighted by Crippen LogP contribution is -2.48. The van der Waals surface area contributed by atoms with Crippen LogP contribution in [0.3, 0.4) is 0 Å². The van der Waals surface area contributed by atoms with Crippen LogP contribution in [0.25, 0.3) is 0 Å². The van der Waals surface area contributed by atoms with Crippen molar-refractivity contribution >= 4 is 17.7 Å². The van der Waals surface area contributed by atoms with Crippen molar-refractivity contribution < 1.29 is 9.21 Å². The van der Waals surface area contributed by atoms with Gasteiger partial charge in [0.1, 0.15) is 0 Å². The van der Waals surface area contributed by atoms with Gasteiger partial charge in [0.25, 0.3) is 5.22 Å². The molecule has 1 aromatic heterocycles. The molecule has 1 amide bonds. The molecule has 6 fully saturated rings. The first-order chi connectivity index (χ1) is 13.1.